The van der Waals surface area contributed by atoms with Gasteiger partial charge in [-0.1, -0.05) is 12.1 Å². The molecule has 0 aliphatic carbocycles. The first-order chi connectivity index (χ1) is 8.63. The predicted octanol–water partition coefficient (Wildman–Crippen LogP) is 0.601. The van der Waals surface area contributed by atoms with E-state index in [1.165, 1.54) is 19.2 Å². The predicted molar refractivity (Wildman–Crippen MR) is 65.6 cm³/mol. The molecule has 92 valence electrons. The van der Waals surface area contributed by atoms with E-state index in [0.717, 1.165) is 4.68 Å². The smallest absolute Gasteiger partial charge is 0.358 e. The number of carbonyl (C=O) groups is 1. The lowest BCUT2D eigenvalue weighted by Crippen LogP contribution is -2.23. The minimum Gasteiger partial charge on any atom is -0.464 e. The maximum Gasteiger partial charge on any atom is 0.358 e. The summed E-state index contributed by atoms with van der Waals surface area (Å²) in [6.45, 7) is 0. The first-order valence-electron chi connectivity index (χ1n) is 5.17. The number of nitrogens with two attached hydrogens (primary N) is 1. The van der Waals surface area contributed by atoms with Gasteiger partial charge in [-0.05, 0) is 18.2 Å². The van der Waals surface area contributed by atoms with Crippen molar-refractivity contribution in [3.8, 4) is 5.69 Å². The van der Waals surface area contributed by atoms with Crippen molar-refractivity contribution in [3.63, 3.8) is 0 Å². The van der Waals surface area contributed by atoms with Gasteiger partial charge in [0.1, 0.15) is 0 Å². The number of esters is 1. The molecule has 0 spiro atoms. The van der Waals surface area contributed by atoms with Crippen molar-refractivity contribution in [2.45, 2.75) is 0 Å². The van der Waals surface area contributed by atoms with E-state index in [-0.39, 0.29) is 11.3 Å². The minimum atomic E-state index is -0.613. The zero-order valence-electron chi connectivity index (χ0n) is 9.66. The normalized spacial score (nSPS) is 10.1. The molecule has 2 N–H and O–H groups in total. The summed E-state index contributed by atoms with van der Waals surface area (Å²) in [4.78, 5) is 23.1. The Morgan fingerprint density at radius 2 is 2.00 bits per heavy atom. The number of carbonyl (C=O) groups excluding carboxylic acids is 1. The second kappa shape index (κ2) is 4.70. The van der Waals surface area contributed by atoms with E-state index >= 15 is 0 Å². The number of nitrogens with zero attached hydrogens (tertiary/aromatic N) is 2. The van der Waals surface area contributed by atoms with E-state index in [0.29, 0.717) is 11.4 Å². The number of para-hydroxylation sites is 2. The Morgan fingerprint density at radius 3 is 2.67 bits per heavy atom. The highest BCUT2D eigenvalue weighted by Gasteiger charge is 2.11. The topological polar surface area (TPSA) is 87.2 Å². The fraction of sp³-hybridized carbons (Fsp3) is 0.0833. The molecule has 1 aromatic carbocycles. The van der Waals surface area contributed by atoms with Crippen LogP contribution in [0.15, 0.2) is 41.2 Å². The number of anilines is 1. The zero-order valence-corrected chi connectivity index (χ0v) is 9.66. The van der Waals surface area contributed by atoms with Gasteiger partial charge in [-0.3, -0.25) is 4.79 Å². The van der Waals surface area contributed by atoms with Gasteiger partial charge < -0.3 is 10.5 Å². The van der Waals surface area contributed by atoms with Crippen LogP contribution < -0.4 is 11.3 Å². The molecule has 2 rings (SSSR count). The lowest BCUT2D eigenvalue weighted by molar-refractivity contribution is 0.0591. The summed E-state index contributed by atoms with van der Waals surface area (Å²) in [5.74, 6) is -0.613. The summed E-state index contributed by atoms with van der Waals surface area (Å²) < 4.78 is 5.62. The average molecular weight is 245 g/mol. The van der Waals surface area contributed by atoms with Crippen molar-refractivity contribution in [2.75, 3.05) is 12.8 Å². The van der Waals surface area contributed by atoms with Crippen LogP contribution in [0.4, 0.5) is 5.69 Å². The first kappa shape index (κ1) is 11.8. The average Bonchev–Trinajstić information content (AvgIpc) is 2.39. The van der Waals surface area contributed by atoms with Gasteiger partial charge >= 0.3 is 5.97 Å². The van der Waals surface area contributed by atoms with Gasteiger partial charge in [-0.2, -0.15) is 9.78 Å². The quantitative estimate of drug-likeness (QED) is 0.618. The Bertz CT molecular complexity index is 649. The van der Waals surface area contributed by atoms with Crippen LogP contribution in [0.1, 0.15) is 10.5 Å². The van der Waals surface area contributed by atoms with E-state index in [9.17, 15) is 9.59 Å². The van der Waals surface area contributed by atoms with Gasteiger partial charge in [0.25, 0.3) is 5.56 Å². The van der Waals surface area contributed by atoms with Crippen LogP contribution >= 0.6 is 0 Å². The molecule has 1 heterocycles. The van der Waals surface area contributed by atoms with Crippen LogP contribution in [-0.2, 0) is 4.74 Å². The summed E-state index contributed by atoms with van der Waals surface area (Å²) in [5.41, 5.74) is 6.25. The van der Waals surface area contributed by atoms with Crippen LogP contribution in [0.2, 0.25) is 0 Å². The monoisotopic (exact) mass is 245 g/mol. The molecule has 18 heavy (non-hydrogen) atoms. The highest BCUT2D eigenvalue weighted by molar-refractivity contribution is 5.86. The Labute approximate surface area is 103 Å². The lowest BCUT2D eigenvalue weighted by Gasteiger charge is -2.08. The Morgan fingerprint density at radius 1 is 1.28 bits per heavy atom. The maximum atomic E-state index is 11.7. The van der Waals surface area contributed by atoms with Gasteiger partial charge in [-0.25, -0.2) is 4.79 Å². The minimum absolute atomic E-state index is 0.0420. The molecule has 1 aromatic heterocycles. The van der Waals surface area contributed by atoms with E-state index in [1.807, 2.05) is 0 Å². The molecule has 0 bridgehead atoms. The van der Waals surface area contributed by atoms with Gasteiger partial charge in [0, 0.05) is 6.07 Å². The molecule has 0 aliphatic heterocycles. The zero-order chi connectivity index (χ0) is 13.1. The van der Waals surface area contributed by atoms with E-state index in [2.05, 4.69) is 9.84 Å². The summed E-state index contributed by atoms with van der Waals surface area (Å²) in [6.07, 6.45) is 0. The summed E-state index contributed by atoms with van der Waals surface area (Å²) in [5, 5.41) is 3.92. The number of hydrogen-bond donors (Lipinski definition) is 1. The first-order valence-corrected chi connectivity index (χ1v) is 5.17. The third-order valence-corrected chi connectivity index (χ3v) is 2.36. The number of hydrogen-bond acceptors (Lipinski definition) is 5. The molecule has 0 saturated carbocycles. The van der Waals surface area contributed by atoms with Crippen molar-refractivity contribution in [3.05, 3.63) is 52.4 Å². The fourth-order valence-electron chi connectivity index (χ4n) is 1.48. The van der Waals surface area contributed by atoms with Gasteiger partial charge in [-0.15, -0.1) is 0 Å². The number of methoxy groups -OCH3 is 1. The van der Waals surface area contributed by atoms with Gasteiger partial charge in [0.05, 0.1) is 18.5 Å². The van der Waals surface area contributed by atoms with Crippen molar-refractivity contribution in [1.82, 2.24) is 9.78 Å². The molecule has 0 atom stereocenters. The largest absolute Gasteiger partial charge is 0.464 e. The summed E-state index contributed by atoms with van der Waals surface area (Å²) >= 11 is 0. The standard InChI is InChI=1S/C12H11N3O3/c1-18-12(17)9-6-7-11(16)15(14-9)10-5-3-2-4-8(10)13/h2-7H,13H2,1H3. The molecule has 6 heteroatoms. The Hall–Kier alpha value is -2.63. The number of benzene rings is 1. The Kier molecular flexibility index (Phi) is 3.09. The summed E-state index contributed by atoms with van der Waals surface area (Å²) in [7, 11) is 1.25. The van der Waals surface area contributed by atoms with E-state index < -0.39 is 5.97 Å². The van der Waals surface area contributed by atoms with Gasteiger partial charge in [0.15, 0.2) is 5.69 Å². The third kappa shape index (κ3) is 2.08. The molecule has 0 aliphatic rings. The molecule has 0 unspecified atom stereocenters. The van der Waals surface area contributed by atoms with Crippen molar-refractivity contribution in [1.29, 1.82) is 0 Å². The Balaban J connectivity index is 2.61. The number of rotatable bonds is 2. The second-order valence-electron chi connectivity index (χ2n) is 3.52. The molecule has 0 fully saturated rings. The van der Waals surface area contributed by atoms with Crippen LogP contribution in [0.5, 0.6) is 0 Å². The molecular formula is C12H11N3O3. The van der Waals surface area contributed by atoms with Crippen LogP contribution in [-0.4, -0.2) is 22.9 Å². The van der Waals surface area contributed by atoms with Crippen molar-refractivity contribution in [2.24, 2.45) is 0 Å². The second-order valence-corrected chi connectivity index (χ2v) is 3.52. The van der Waals surface area contributed by atoms with Crippen molar-refractivity contribution >= 4 is 11.7 Å². The molecule has 0 amide bonds. The number of nitrogen functional groups attached to an aromatic ring is 1. The fourth-order valence-corrected chi connectivity index (χ4v) is 1.48. The van der Waals surface area contributed by atoms with Gasteiger partial charge in [0.2, 0.25) is 0 Å². The SMILES string of the molecule is COC(=O)c1ccc(=O)n(-c2ccccc2N)n1. The molecule has 6 nitrogen and oxygen atoms in total. The van der Waals surface area contributed by atoms with Crippen molar-refractivity contribution < 1.29 is 9.53 Å². The highest BCUT2D eigenvalue weighted by Crippen LogP contribution is 2.13. The third-order valence-electron chi connectivity index (χ3n) is 2.36. The number of aromatic nitrogens is 2. The summed E-state index contributed by atoms with van der Waals surface area (Å²) in [6, 6.07) is 9.31. The van der Waals surface area contributed by atoms with Crippen LogP contribution in [0.25, 0.3) is 5.69 Å². The van der Waals surface area contributed by atoms with Crippen LogP contribution in [0, 0.1) is 0 Å². The maximum absolute atomic E-state index is 11.7. The van der Waals surface area contributed by atoms with E-state index in [1.54, 1.807) is 24.3 Å². The molecular weight excluding hydrogens is 234 g/mol. The van der Waals surface area contributed by atoms with Crippen LogP contribution in [0.3, 0.4) is 0 Å². The van der Waals surface area contributed by atoms with E-state index in [4.69, 9.17) is 5.73 Å². The highest BCUT2D eigenvalue weighted by atomic mass is 16.5. The number of ether oxygens (including phenoxy) is 1. The molecule has 0 radical (unpaired) electrons. The molecule has 0 saturated heterocycles. The molecule has 2 aromatic rings. The lowest BCUT2D eigenvalue weighted by atomic mass is 10.2.